The fraction of sp³-hybridized carbons (Fsp3) is 0.769. The van der Waals surface area contributed by atoms with Gasteiger partial charge < -0.3 is 11.1 Å². The van der Waals surface area contributed by atoms with Gasteiger partial charge in [-0.25, -0.2) is 9.67 Å². The zero-order chi connectivity index (χ0) is 14.4. The van der Waals surface area contributed by atoms with Crippen molar-refractivity contribution in [3.63, 3.8) is 0 Å². The summed E-state index contributed by atoms with van der Waals surface area (Å²) in [5.74, 6) is 0.622. The second kappa shape index (κ2) is 7.35. The van der Waals surface area contributed by atoms with Gasteiger partial charge in [-0.15, -0.1) is 0 Å². The highest BCUT2D eigenvalue weighted by atomic mass is 16.1. The number of hydrogen-bond donors (Lipinski definition) is 2. The molecule has 1 amide bonds. The lowest BCUT2D eigenvalue weighted by atomic mass is 10.0. The predicted molar refractivity (Wildman–Crippen MR) is 75.8 cm³/mol. The number of carbonyl (C=O) groups is 1. The Hall–Kier alpha value is -1.47. The van der Waals surface area contributed by atoms with Crippen LogP contribution in [-0.2, 0) is 17.9 Å². The first-order valence-corrected chi connectivity index (χ1v) is 7.30. The summed E-state index contributed by atoms with van der Waals surface area (Å²) >= 11 is 0. The molecule has 0 saturated carbocycles. The molecule has 2 rings (SSSR count). The first-order valence-electron chi connectivity index (χ1n) is 7.30. The summed E-state index contributed by atoms with van der Waals surface area (Å²) in [6, 6.07) is 0.385. The number of nitrogens with one attached hydrogen (secondary N) is 1. The van der Waals surface area contributed by atoms with Crippen molar-refractivity contribution < 1.29 is 4.79 Å². The van der Waals surface area contributed by atoms with Crippen LogP contribution in [0.2, 0.25) is 0 Å². The predicted octanol–water partition coefficient (Wildman–Crippen LogP) is -0.273. The summed E-state index contributed by atoms with van der Waals surface area (Å²) in [5.41, 5.74) is 5.39. The van der Waals surface area contributed by atoms with Gasteiger partial charge >= 0.3 is 0 Å². The third-order valence-electron chi connectivity index (χ3n) is 3.66. The largest absolute Gasteiger partial charge is 0.369 e. The second-order valence-corrected chi connectivity index (χ2v) is 5.25. The van der Waals surface area contributed by atoms with Crippen LogP contribution in [0.5, 0.6) is 0 Å². The molecule has 0 atom stereocenters. The summed E-state index contributed by atoms with van der Waals surface area (Å²) in [6.45, 7) is 5.85. The Morgan fingerprint density at radius 2 is 2.30 bits per heavy atom. The Kier molecular flexibility index (Phi) is 5.49. The summed E-state index contributed by atoms with van der Waals surface area (Å²) in [6.07, 6.45) is 4.67. The monoisotopic (exact) mass is 280 g/mol. The molecule has 1 fully saturated rings. The van der Waals surface area contributed by atoms with Crippen LogP contribution in [-0.4, -0.2) is 51.2 Å². The molecule has 3 N–H and O–H groups in total. The van der Waals surface area contributed by atoms with E-state index in [1.165, 1.54) is 0 Å². The van der Waals surface area contributed by atoms with Gasteiger partial charge in [0.2, 0.25) is 5.91 Å². The topological polar surface area (TPSA) is 89.1 Å². The second-order valence-electron chi connectivity index (χ2n) is 5.25. The smallest absolute Gasteiger partial charge is 0.231 e. The van der Waals surface area contributed by atoms with E-state index in [0.717, 1.165) is 44.7 Å². The van der Waals surface area contributed by atoms with Crippen molar-refractivity contribution in [1.82, 2.24) is 25.0 Å². The molecular weight excluding hydrogens is 256 g/mol. The average molecular weight is 280 g/mol. The maximum absolute atomic E-state index is 11.3. The third kappa shape index (κ3) is 4.01. The summed E-state index contributed by atoms with van der Waals surface area (Å²) < 4.78 is 1.91. The molecule has 112 valence electrons. The van der Waals surface area contributed by atoms with Gasteiger partial charge in [-0.2, -0.15) is 5.10 Å². The van der Waals surface area contributed by atoms with E-state index in [-0.39, 0.29) is 12.5 Å². The van der Waals surface area contributed by atoms with E-state index in [4.69, 9.17) is 5.73 Å². The quantitative estimate of drug-likeness (QED) is 0.717. The van der Waals surface area contributed by atoms with Gasteiger partial charge in [0.1, 0.15) is 12.2 Å². The molecule has 0 aromatic carbocycles. The highest BCUT2D eigenvalue weighted by Crippen LogP contribution is 2.14. The van der Waals surface area contributed by atoms with E-state index in [2.05, 4.69) is 27.2 Å². The summed E-state index contributed by atoms with van der Waals surface area (Å²) in [4.78, 5) is 17.8. The fourth-order valence-electron chi connectivity index (χ4n) is 2.68. The Balaban J connectivity index is 2.05. The van der Waals surface area contributed by atoms with Crippen LogP contribution >= 0.6 is 0 Å². The van der Waals surface area contributed by atoms with E-state index < -0.39 is 0 Å². The van der Waals surface area contributed by atoms with Gasteiger partial charge in [-0.05, 0) is 32.4 Å². The molecule has 20 heavy (non-hydrogen) atoms. The maximum atomic E-state index is 11.3. The number of primary amides is 1. The number of amides is 1. The van der Waals surface area contributed by atoms with E-state index in [9.17, 15) is 4.79 Å². The van der Waals surface area contributed by atoms with Crippen molar-refractivity contribution in [2.75, 3.05) is 19.6 Å². The summed E-state index contributed by atoms with van der Waals surface area (Å²) in [7, 11) is 0. The number of rotatable bonds is 7. The zero-order valence-electron chi connectivity index (χ0n) is 12.1. The molecule has 0 aliphatic carbocycles. The molecule has 7 nitrogen and oxygen atoms in total. The first kappa shape index (κ1) is 14.9. The minimum atomic E-state index is -0.287. The first-order chi connectivity index (χ1) is 9.70. The van der Waals surface area contributed by atoms with Crippen LogP contribution in [0.4, 0.5) is 0 Å². The van der Waals surface area contributed by atoms with E-state index in [1.54, 1.807) is 6.33 Å². The molecule has 1 aliphatic rings. The van der Waals surface area contributed by atoms with Gasteiger partial charge in [0.05, 0.1) is 13.1 Å². The van der Waals surface area contributed by atoms with Crippen LogP contribution in [0.3, 0.4) is 0 Å². The molecule has 1 aliphatic heterocycles. The lowest BCUT2D eigenvalue weighted by molar-refractivity contribution is -0.120. The number of aromatic nitrogens is 3. The highest BCUT2D eigenvalue weighted by Gasteiger charge is 2.23. The van der Waals surface area contributed by atoms with Gasteiger partial charge in [0.15, 0.2) is 0 Å². The molecule has 7 heteroatoms. The normalized spacial score (nSPS) is 16.7. The fourth-order valence-corrected chi connectivity index (χ4v) is 2.68. The molecule has 0 unspecified atom stereocenters. The van der Waals surface area contributed by atoms with Crippen LogP contribution in [0.15, 0.2) is 6.33 Å². The van der Waals surface area contributed by atoms with Crippen molar-refractivity contribution in [3.05, 3.63) is 12.2 Å². The number of hydrogen-bond acceptors (Lipinski definition) is 5. The SMILES string of the molecule is CCCn1ncnc1CN(CC(N)=O)C1CCNCC1. The Bertz CT molecular complexity index is 426. The van der Waals surface area contributed by atoms with E-state index in [1.807, 2.05) is 4.68 Å². The van der Waals surface area contributed by atoms with Gasteiger partial charge in [-0.3, -0.25) is 9.69 Å². The average Bonchev–Trinajstić information content (AvgIpc) is 2.86. The van der Waals surface area contributed by atoms with Crippen molar-refractivity contribution in [3.8, 4) is 0 Å². The molecule has 0 radical (unpaired) electrons. The van der Waals surface area contributed by atoms with E-state index >= 15 is 0 Å². The zero-order valence-corrected chi connectivity index (χ0v) is 12.1. The number of nitrogens with zero attached hydrogens (tertiary/aromatic N) is 4. The van der Waals surface area contributed by atoms with Crippen LogP contribution in [0, 0.1) is 0 Å². The van der Waals surface area contributed by atoms with Gasteiger partial charge in [-0.1, -0.05) is 6.92 Å². The molecule has 1 aromatic heterocycles. The van der Waals surface area contributed by atoms with Gasteiger partial charge in [0.25, 0.3) is 0 Å². The lowest BCUT2D eigenvalue weighted by Crippen LogP contribution is -2.46. The van der Waals surface area contributed by atoms with Crippen LogP contribution in [0.25, 0.3) is 0 Å². The van der Waals surface area contributed by atoms with Crippen molar-refractivity contribution in [2.24, 2.45) is 5.73 Å². The van der Waals surface area contributed by atoms with Crippen molar-refractivity contribution in [2.45, 2.75) is 45.3 Å². The molecule has 1 saturated heterocycles. The summed E-state index contributed by atoms with van der Waals surface area (Å²) in [5, 5.41) is 7.57. The molecule has 2 heterocycles. The Morgan fingerprint density at radius 3 is 2.95 bits per heavy atom. The minimum absolute atomic E-state index is 0.281. The maximum Gasteiger partial charge on any atom is 0.231 e. The third-order valence-corrected chi connectivity index (χ3v) is 3.66. The van der Waals surface area contributed by atoms with Crippen molar-refractivity contribution in [1.29, 1.82) is 0 Å². The number of carbonyl (C=O) groups excluding carboxylic acids is 1. The molecular formula is C13H24N6O. The Labute approximate surface area is 119 Å². The number of piperidine rings is 1. The van der Waals surface area contributed by atoms with Gasteiger partial charge in [0, 0.05) is 12.6 Å². The highest BCUT2D eigenvalue weighted by molar-refractivity contribution is 5.75. The van der Waals surface area contributed by atoms with E-state index in [0.29, 0.717) is 12.6 Å². The Morgan fingerprint density at radius 1 is 1.55 bits per heavy atom. The lowest BCUT2D eigenvalue weighted by Gasteiger charge is -2.33. The number of aryl methyl sites for hydroxylation is 1. The molecule has 0 bridgehead atoms. The number of nitrogens with two attached hydrogens (primary N) is 1. The molecule has 0 spiro atoms. The van der Waals surface area contributed by atoms with Crippen LogP contribution < -0.4 is 11.1 Å². The minimum Gasteiger partial charge on any atom is -0.369 e. The van der Waals surface area contributed by atoms with Crippen molar-refractivity contribution >= 4 is 5.91 Å². The standard InChI is InChI=1S/C13H24N6O/c1-2-7-19-13(16-10-17-19)9-18(8-12(14)20)11-3-5-15-6-4-11/h10-11,15H,2-9H2,1H3,(H2,14,20). The van der Waals surface area contributed by atoms with Crippen LogP contribution in [0.1, 0.15) is 32.0 Å². The molecule has 1 aromatic rings.